The van der Waals surface area contributed by atoms with E-state index in [-0.39, 0.29) is 11.3 Å². The number of rotatable bonds is 3. The lowest BCUT2D eigenvalue weighted by Gasteiger charge is -2.05. The van der Waals surface area contributed by atoms with E-state index in [0.717, 1.165) is 12.3 Å². The molecule has 0 fully saturated rings. The summed E-state index contributed by atoms with van der Waals surface area (Å²) in [5, 5.41) is 0. The largest absolute Gasteiger partial charge is 0.496 e. The van der Waals surface area contributed by atoms with Crippen LogP contribution < -0.4 is 4.74 Å². The van der Waals surface area contributed by atoms with Crippen LogP contribution in [0.4, 0.5) is 4.39 Å². The number of ketones is 1. The summed E-state index contributed by atoms with van der Waals surface area (Å²) in [6.07, 6.45) is 2.39. The van der Waals surface area contributed by atoms with Gasteiger partial charge >= 0.3 is 0 Å². The third kappa shape index (κ3) is 2.56. The quantitative estimate of drug-likeness (QED) is 0.817. The van der Waals surface area contributed by atoms with Crippen molar-refractivity contribution in [3.05, 3.63) is 58.1 Å². The fourth-order valence-corrected chi connectivity index (χ4v) is 2.05. The molecule has 0 atom stereocenters. The van der Waals surface area contributed by atoms with Gasteiger partial charge in [0.2, 0.25) is 0 Å². The summed E-state index contributed by atoms with van der Waals surface area (Å²) in [5.74, 6) is -0.192. The molecule has 18 heavy (non-hydrogen) atoms. The second-order valence-electron chi connectivity index (χ2n) is 3.57. The minimum absolute atomic E-state index is 0.215. The van der Waals surface area contributed by atoms with Crippen molar-refractivity contribution in [1.82, 2.24) is 4.98 Å². The average Bonchev–Trinajstić information content (AvgIpc) is 2.37. The van der Waals surface area contributed by atoms with E-state index in [4.69, 9.17) is 4.74 Å². The van der Waals surface area contributed by atoms with E-state index in [1.807, 2.05) is 0 Å². The van der Waals surface area contributed by atoms with Gasteiger partial charge in [0.25, 0.3) is 0 Å². The van der Waals surface area contributed by atoms with E-state index < -0.39 is 5.82 Å². The highest BCUT2D eigenvalue weighted by Gasteiger charge is 2.12. The van der Waals surface area contributed by atoms with Gasteiger partial charge in [0.1, 0.15) is 11.6 Å². The molecule has 0 aliphatic heterocycles. The van der Waals surface area contributed by atoms with Gasteiger partial charge in [-0.3, -0.25) is 9.78 Å². The number of hydrogen-bond donors (Lipinski definition) is 0. The second kappa shape index (κ2) is 5.27. The lowest BCUT2D eigenvalue weighted by molar-refractivity contribution is 0.103. The van der Waals surface area contributed by atoms with Crippen molar-refractivity contribution in [2.75, 3.05) is 7.11 Å². The number of carbonyl (C=O) groups excluding carboxylic acids is 1. The number of ether oxygens (including phenoxy) is 1. The number of hydrogen-bond acceptors (Lipinski definition) is 3. The van der Waals surface area contributed by atoms with E-state index in [0.29, 0.717) is 15.8 Å². The number of methoxy groups -OCH3 is 1. The van der Waals surface area contributed by atoms with Gasteiger partial charge in [0, 0.05) is 17.3 Å². The van der Waals surface area contributed by atoms with Crippen LogP contribution in [0.15, 0.2) is 41.1 Å². The van der Waals surface area contributed by atoms with Gasteiger partial charge in [-0.25, -0.2) is 4.39 Å². The molecule has 0 amide bonds. The smallest absolute Gasteiger partial charge is 0.194 e. The molecule has 1 aromatic heterocycles. The molecule has 3 nitrogen and oxygen atoms in total. The maximum Gasteiger partial charge on any atom is 0.194 e. The van der Waals surface area contributed by atoms with E-state index >= 15 is 0 Å². The van der Waals surface area contributed by atoms with Crippen molar-refractivity contribution >= 4 is 21.7 Å². The standard InChI is InChI=1S/C13H9BrFNO2/c1-18-12-3-2-8(5-11(12)14)13(17)9-4-10(15)7-16-6-9/h2-7H,1H3. The van der Waals surface area contributed by atoms with Crippen molar-refractivity contribution < 1.29 is 13.9 Å². The van der Waals surface area contributed by atoms with Crippen LogP contribution in [0, 0.1) is 5.82 Å². The molecule has 0 spiro atoms. The summed E-state index contributed by atoms with van der Waals surface area (Å²) in [6.45, 7) is 0. The Kier molecular flexibility index (Phi) is 3.72. The first-order chi connectivity index (χ1) is 8.61. The molecule has 2 rings (SSSR count). The summed E-state index contributed by atoms with van der Waals surface area (Å²) in [5.41, 5.74) is 0.655. The average molecular weight is 310 g/mol. The Balaban J connectivity index is 2.37. The van der Waals surface area contributed by atoms with Gasteiger partial charge in [-0.05, 0) is 40.2 Å². The molecule has 5 heteroatoms. The fraction of sp³-hybridized carbons (Fsp3) is 0.0769. The maximum atomic E-state index is 13.0. The van der Waals surface area contributed by atoms with Crippen LogP contribution in [0.3, 0.4) is 0 Å². The predicted molar refractivity (Wildman–Crippen MR) is 68.3 cm³/mol. The first-order valence-corrected chi connectivity index (χ1v) is 5.90. The van der Waals surface area contributed by atoms with Gasteiger partial charge in [-0.2, -0.15) is 0 Å². The molecule has 92 valence electrons. The van der Waals surface area contributed by atoms with Gasteiger partial charge in [0.15, 0.2) is 5.78 Å². The zero-order chi connectivity index (χ0) is 13.1. The second-order valence-corrected chi connectivity index (χ2v) is 4.42. The maximum absolute atomic E-state index is 13.0. The van der Waals surface area contributed by atoms with Gasteiger partial charge in [0.05, 0.1) is 17.8 Å². The molecule has 1 heterocycles. The summed E-state index contributed by atoms with van der Waals surface area (Å²) in [4.78, 5) is 15.7. The Morgan fingerprint density at radius 1 is 1.28 bits per heavy atom. The SMILES string of the molecule is COc1ccc(C(=O)c2cncc(F)c2)cc1Br. The van der Waals surface area contributed by atoms with Crippen LogP contribution in [0.2, 0.25) is 0 Å². The molecule has 0 bridgehead atoms. The molecular formula is C13H9BrFNO2. The fourth-order valence-electron chi connectivity index (χ4n) is 1.51. The molecule has 0 aliphatic rings. The van der Waals surface area contributed by atoms with Crippen molar-refractivity contribution in [3.63, 3.8) is 0 Å². The molecule has 0 aliphatic carbocycles. The monoisotopic (exact) mass is 309 g/mol. The number of halogens is 2. The first kappa shape index (κ1) is 12.7. The van der Waals surface area contributed by atoms with E-state index in [2.05, 4.69) is 20.9 Å². The minimum atomic E-state index is -0.534. The lowest BCUT2D eigenvalue weighted by Crippen LogP contribution is -2.02. The zero-order valence-electron chi connectivity index (χ0n) is 9.48. The molecule has 0 saturated heterocycles. The predicted octanol–water partition coefficient (Wildman–Crippen LogP) is 3.22. The third-order valence-electron chi connectivity index (χ3n) is 2.38. The summed E-state index contributed by atoms with van der Waals surface area (Å²) in [7, 11) is 1.54. The highest BCUT2D eigenvalue weighted by atomic mass is 79.9. The molecule has 0 radical (unpaired) electrons. The number of pyridine rings is 1. The number of carbonyl (C=O) groups is 1. The molecule has 0 unspecified atom stereocenters. The summed E-state index contributed by atoms with van der Waals surface area (Å²) >= 11 is 3.30. The Morgan fingerprint density at radius 3 is 2.67 bits per heavy atom. The van der Waals surface area contributed by atoms with E-state index in [9.17, 15) is 9.18 Å². The molecule has 2 aromatic rings. The first-order valence-electron chi connectivity index (χ1n) is 5.10. The van der Waals surface area contributed by atoms with Crippen molar-refractivity contribution in [2.24, 2.45) is 0 Å². The van der Waals surface area contributed by atoms with E-state index in [1.54, 1.807) is 18.2 Å². The number of nitrogens with zero attached hydrogens (tertiary/aromatic N) is 1. The highest BCUT2D eigenvalue weighted by molar-refractivity contribution is 9.10. The van der Waals surface area contributed by atoms with Crippen LogP contribution in [0.1, 0.15) is 15.9 Å². The van der Waals surface area contributed by atoms with Crippen molar-refractivity contribution in [1.29, 1.82) is 0 Å². The van der Waals surface area contributed by atoms with E-state index in [1.165, 1.54) is 13.3 Å². The van der Waals surface area contributed by atoms with Gasteiger partial charge in [-0.1, -0.05) is 0 Å². The van der Waals surface area contributed by atoms with Crippen LogP contribution in [0.25, 0.3) is 0 Å². The topological polar surface area (TPSA) is 39.2 Å². The van der Waals surface area contributed by atoms with Crippen LogP contribution in [0.5, 0.6) is 5.75 Å². The molecular weight excluding hydrogens is 301 g/mol. The Hall–Kier alpha value is -1.75. The minimum Gasteiger partial charge on any atom is -0.496 e. The van der Waals surface area contributed by atoms with Gasteiger partial charge < -0.3 is 4.74 Å². The van der Waals surface area contributed by atoms with Crippen molar-refractivity contribution in [2.45, 2.75) is 0 Å². The zero-order valence-corrected chi connectivity index (χ0v) is 11.1. The summed E-state index contributed by atoms with van der Waals surface area (Å²) in [6, 6.07) is 6.08. The van der Waals surface area contributed by atoms with Crippen LogP contribution in [-0.4, -0.2) is 17.9 Å². The Morgan fingerprint density at radius 2 is 2.06 bits per heavy atom. The van der Waals surface area contributed by atoms with Crippen molar-refractivity contribution in [3.8, 4) is 5.75 Å². The Labute approximate surface area is 112 Å². The third-order valence-corrected chi connectivity index (χ3v) is 3.00. The number of benzene rings is 1. The van der Waals surface area contributed by atoms with Gasteiger partial charge in [-0.15, -0.1) is 0 Å². The van der Waals surface area contributed by atoms with Crippen LogP contribution >= 0.6 is 15.9 Å². The highest BCUT2D eigenvalue weighted by Crippen LogP contribution is 2.26. The molecule has 0 saturated carbocycles. The normalized spacial score (nSPS) is 10.2. The lowest BCUT2D eigenvalue weighted by atomic mass is 10.1. The molecule has 0 N–H and O–H groups in total. The molecule has 1 aromatic carbocycles. The number of aromatic nitrogens is 1. The van der Waals surface area contributed by atoms with Crippen LogP contribution in [-0.2, 0) is 0 Å². The summed E-state index contributed by atoms with van der Waals surface area (Å²) < 4.78 is 18.7. The Bertz CT molecular complexity index is 601.